The highest BCUT2D eigenvalue weighted by Gasteiger charge is 2.59. The van der Waals surface area contributed by atoms with E-state index < -0.39 is 0 Å². The summed E-state index contributed by atoms with van der Waals surface area (Å²) in [5.74, 6) is -0.543. The molecule has 1 aliphatic heterocycles. The number of hydrogen-bond acceptors (Lipinski definition) is 3. The molecule has 1 heterocycles. The molecule has 5 nitrogen and oxygen atoms in total. The molecular weight excluding hydrogens is 388 g/mol. The molecule has 3 aromatic carbocycles. The van der Waals surface area contributed by atoms with E-state index in [-0.39, 0.29) is 41.4 Å². The van der Waals surface area contributed by atoms with E-state index >= 15 is 0 Å². The average molecular weight is 408 g/mol. The highest BCUT2D eigenvalue weighted by atomic mass is 16.2. The second kappa shape index (κ2) is 6.64. The summed E-state index contributed by atoms with van der Waals surface area (Å²) in [4.78, 5) is 40.0. The van der Waals surface area contributed by atoms with Crippen LogP contribution in [0.25, 0.3) is 10.8 Å². The number of benzene rings is 3. The fourth-order valence-electron chi connectivity index (χ4n) is 5.45. The third-order valence-electron chi connectivity index (χ3n) is 6.90. The van der Waals surface area contributed by atoms with Crippen LogP contribution < -0.4 is 10.2 Å². The van der Waals surface area contributed by atoms with E-state index in [9.17, 15) is 14.4 Å². The fourth-order valence-corrected chi connectivity index (χ4v) is 5.45. The molecule has 0 spiro atoms. The average Bonchev–Trinajstić information content (AvgIpc) is 3.48. The Hall–Kier alpha value is -3.73. The number of imide groups is 1. The molecule has 0 aromatic heterocycles. The van der Waals surface area contributed by atoms with Crippen molar-refractivity contribution in [1.82, 2.24) is 0 Å². The minimum absolute atomic E-state index is 0.111. The van der Waals surface area contributed by atoms with Crippen LogP contribution in [0.3, 0.4) is 0 Å². The summed E-state index contributed by atoms with van der Waals surface area (Å²) in [5.41, 5.74) is 1.75. The Morgan fingerprint density at radius 1 is 0.806 bits per heavy atom. The van der Waals surface area contributed by atoms with Gasteiger partial charge in [0.15, 0.2) is 0 Å². The Bertz CT molecular complexity index is 1240. The van der Waals surface area contributed by atoms with E-state index in [1.165, 1.54) is 4.90 Å². The second-order valence-corrected chi connectivity index (χ2v) is 8.54. The molecule has 5 heteroatoms. The minimum atomic E-state index is -0.235. The molecule has 31 heavy (non-hydrogen) atoms. The Kier molecular flexibility index (Phi) is 3.87. The lowest BCUT2D eigenvalue weighted by molar-refractivity contribution is -0.123. The third-order valence-corrected chi connectivity index (χ3v) is 6.90. The van der Waals surface area contributed by atoms with E-state index in [1.54, 1.807) is 24.3 Å². The summed E-state index contributed by atoms with van der Waals surface area (Å²) in [6, 6.07) is 20.3. The topological polar surface area (TPSA) is 66.5 Å². The smallest absolute Gasteiger partial charge is 0.255 e. The predicted octanol–water partition coefficient (Wildman–Crippen LogP) is 4.40. The lowest BCUT2D eigenvalue weighted by Gasteiger charge is -2.17. The first-order valence-corrected chi connectivity index (χ1v) is 10.6. The zero-order valence-electron chi connectivity index (χ0n) is 16.7. The van der Waals surface area contributed by atoms with Crippen molar-refractivity contribution in [2.45, 2.75) is 6.42 Å². The number of amides is 3. The summed E-state index contributed by atoms with van der Waals surface area (Å²) in [7, 11) is 0. The monoisotopic (exact) mass is 408 g/mol. The van der Waals surface area contributed by atoms with Gasteiger partial charge in [0.05, 0.1) is 17.5 Å². The minimum Gasteiger partial charge on any atom is -0.321 e. The number of carbonyl (C=O) groups is 3. The normalized spacial score (nSPS) is 26.0. The van der Waals surface area contributed by atoms with Crippen LogP contribution in [-0.4, -0.2) is 17.7 Å². The maximum absolute atomic E-state index is 13.0. The van der Waals surface area contributed by atoms with Crippen molar-refractivity contribution in [3.63, 3.8) is 0 Å². The standard InChI is InChI=1S/C26H20N2O3/c29-24(27-21-7-3-5-15-4-1-2-6-20(15)21)16-10-12-19(13-11-16)28-25(30)22-17-8-9-18(14-17)23(22)26(28)31/h1-13,17-18,22-23H,14H2,(H,27,29)/t17-,18-,22-,23-/m0/s1. The fraction of sp³-hybridized carbons (Fsp3) is 0.192. The Balaban J connectivity index is 1.24. The van der Waals surface area contributed by atoms with Crippen molar-refractivity contribution in [2.75, 3.05) is 10.2 Å². The number of fused-ring (bicyclic) bond motifs is 6. The van der Waals surface area contributed by atoms with Gasteiger partial charge in [0.2, 0.25) is 11.8 Å². The predicted molar refractivity (Wildman–Crippen MR) is 119 cm³/mol. The van der Waals surface area contributed by atoms with Gasteiger partial charge < -0.3 is 5.32 Å². The van der Waals surface area contributed by atoms with Crippen LogP contribution in [-0.2, 0) is 9.59 Å². The van der Waals surface area contributed by atoms with Crippen molar-refractivity contribution in [2.24, 2.45) is 23.7 Å². The van der Waals surface area contributed by atoms with Crippen molar-refractivity contribution >= 4 is 39.9 Å². The number of allylic oxidation sites excluding steroid dienone is 2. The molecule has 2 aliphatic carbocycles. The van der Waals surface area contributed by atoms with Gasteiger partial charge >= 0.3 is 0 Å². The largest absolute Gasteiger partial charge is 0.321 e. The Morgan fingerprint density at radius 3 is 2.16 bits per heavy atom. The maximum atomic E-state index is 13.0. The highest BCUT2D eigenvalue weighted by Crippen LogP contribution is 2.53. The first-order chi connectivity index (χ1) is 15.1. The van der Waals surface area contributed by atoms with Crippen LogP contribution in [0.4, 0.5) is 11.4 Å². The van der Waals surface area contributed by atoms with Gasteiger partial charge in [-0.25, -0.2) is 0 Å². The molecule has 3 amide bonds. The van der Waals surface area contributed by atoms with E-state index in [1.807, 2.05) is 42.5 Å². The molecule has 2 bridgehead atoms. The van der Waals surface area contributed by atoms with E-state index in [0.29, 0.717) is 11.3 Å². The first kappa shape index (κ1) is 18.1. The lowest BCUT2D eigenvalue weighted by atomic mass is 9.85. The van der Waals surface area contributed by atoms with Crippen molar-refractivity contribution in [3.05, 3.63) is 84.4 Å². The number of nitrogens with one attached hydrogen (secondary N) is 1. The molecule has 0 unspecified atom stereocenters. The molecular formula is C26H20N2O3. The highest BCUT2D eigenvalue weighted by molar-refractivity contribution is 6.23. The second-order valence-electron chi connectivity index (χ2n) is 8.54. The van der Waals surface area contributed by atoms with Gasteiger partial charge in [-0.15, -0.1) is 0 Å². The number of hydrogen-bond donors (Lipinski definition) is 1. The summed E-state index contributed by atoms with van der Waals surface area (Å²) >= 11 is 0. The van der Waals surface area contributed by atoms with E-state index in [0.717, 1.165) is 22.9 Å². The number of anilines is 2. The summed E-state index contributed by atoms with van der Waals surface area (Å²) in [6.45, 7) is 0. The molecule has 0 radical (unpaired) electrons. The van der Waals surface area contributed by atoms with E-state index in [2.05, 4.69) is 17.5 Å². The van der Waals surface area contributed by atoms with Gasteiger partial charge in [0, 0.05) is 16.6 Å². The van der Waals surface area contributed by atoms with Gasteiger partial charge in [0.1, 0.15) is 0 Å². The molecule has 3 aliphatic rings. The molecule has 1 saturated carbocycles. The molecule has 4 atom stereocenters. The number of rotatable bonds is 3. The van der Waals surface area contributed by atoms with E-state index in [4.69, 9.17) is 0 Å². The Morgan fingerprint density at radius 2 is 1.45 bits per heavy atom. The van der Waals surface area contributed by atoms with Crippen LogP contribution in [0.15, 0.2) is 78.9 Å². The van der Waals surface area contributed by atoms with Gasteiger partial charge in [-0.05, 0) is 54.0 Å². The van der Waals surface area contributed by atoms with Gasteiger partial charge in [-0.2, -0.15) is 0 Å². The van der Waals surface area contributed by atoms with Crippen LogP contribution in [0.1, 0.15) is 16.8 Å². The van der Waals surface area contributed by atoms with Crippen LogP contribution in [0.5, 0.6) is 0 Å². The number of nitrogens with zero attached hydrogens (tertiary/aromatic N) is 1. The SMILES string of the molecule is O=C(Nc1cccc2ccccc12)c1ccc(N2C(=O)[C@@H]3[C@@H](C2=O)[C@H]2C=C[C@H]3C2)cc1. The Labute approximate surface area is 179 Å². The molecule has 2 fully saturated rings. The van der Waals surface area contributed by atoms with Crippen molar-refractivity contribution < 1.29 is 14.4 Å². The van der Waals surface area contributed by atoms with Crippen LogP contribution >= 0.6 is 0 Å². The summed E-state index contributed by atoms with van der Waals surface area (Å²) in [6.07, 6.45) is 5.08. The maximum Gasteiger partial charge on any atom is 0.255 e. The summed E-state index contributed by atoms with van der Waals surface area (Å²) in [5, 5.41) is 4.99. The quantitative estimate of drug-likeness (QED) is 0.516. The van der Waals surface area contributed by atoms with Crippen molar-refractivity contribution in [1.29, 1.82) is 0 Å². The molecule has 1 N–H and O–H groups in total. The van der Waals surface area contributed by atoms with Crippen LogP contribution in [0.2, 0.25) is 0 Å². The van der Waals surface area contributed by atoms with Gasteiger partial charge in [-0.1, -0.05) is 48.6 Å². The first-order valence-electron chi connectivity index (χ1n) is 10.6. The lowest BCUT2D eigenvalue weighted by Crippen LogP contribution is -2.32. The third kappa shape index (κ3) is 2.66. The summed E-state index contributed by atoms with van der Waals surface area (Å²) < 4.78 is 0. The molecule has 152 valence electrons. The van der Waals surface area contributed by atoms with Gasteiger partial charge in [-0.3, -0.25) is 19.3 Å². The van der Waals surface area contributed by atoms with Gasteiger partial charge in [0.25, 0.3) is 5.91 Å². The molecule has 3 aromatic rings. The number of carbonyl (C=O) groups excluding carboxylic acids is 3. The van der Waals surface area contributed by atoms with Crippen molar-refractivity contribution in [3.8, 4) is 0 Å². The van der Waals surface area contributed by atoms with Crippen LogP contribution in [0, 0.1) is 23.7 Å². The molecule has 1 saturated heterocycles. The zero-order chi connectivity index (χ0) is 21.1. The molecule has 6 rings (SSSR count). The zero-order valence-corrected chi connectivity index (χ0v) is 16.7.